The van der Waals surface area contributed by atoms with E-state index in [4.69, 9.17) is 21.2 Å². The van der Waals surface area contributed by atoms with Gasteiger partial charge in [0.1, 0.15) is 7.11 Å². The number of halogens is 2. The number of nitrogens with zero attached hydrogens (tertiary/aromatic N) is 3. The Kier molecular flexibility index (Phi) is 5.20. The number of carbonyl (C=O) groups is 1. The van der Waals surface area contributed by atoms with Crippen LogP contribution in [0.3, 0.4) is 0 Å². The summed E-state index contributed by atoms with van der Waals surface area (Å²) in [5.41, 5.74) is 2.15. The van der Waals surface area contributed by atoms with E-state index in [0.717, 1.165) is 10.0 Å². The molecule has 1 heterocycles. The Bertz CT molecular complexity index is 726. The average molecular weight is 387 g/mol. The van der Waals surface area contributed by atoms with Crippen molar-refractivity contribution in [2.75, 3.05) is 14.2 Å². The molecule has 6 nitrogen and oxygen atoms in total. The first-order valence-electron chi connectivity index (χ1n) is 6.20. The molecule has 0 saturated heterocycles. The number of benzene rings is 1. The molecular weight excluding hydrogens is 374 g/mol. The van der Waals surface area contributed by atoms with Crippen LogP contribution in [0.15, 0.2) is 33.9 Å². The number of methoxy groups -OCH3 is 1. The number of aryl methyl sites for hydroxylation is 1. The first kappa shape index (κ1) is 16.5. The van der Waals surface area contributed by atoms with Gasteiger partial charge in [0, 0.05) is 10.6 Å². The van der Waals surface area contributed by atoms with E-state index in [1.165, 1.54) is 18.9 Å². The molecule has 0 radical (unpaired) electrons. The maximum absolute atomic E-state index is 11.9. The third-order valence-electron chi connectivity index (χ3n) is 2.85. The monoisotopic (exact) mass is 385 g/mol. The van der Waals surface area contributed by atoms with Gasteiger partial charge in [-0.3, -0.25) is 0 Å². The summed E-state index contributed by atoms with van der Waals surface area (Å²) in [4.78, 5) is 16.7. The summed E-state index contributed by atoms with van der Waals surface area (Å²) in [5.74, 6) is -0.740. The molecule has 0 amide bonds. The van der Waals surface area contributed by atoms with Crippen molar-refractivity contribution in [1.29, 1.82) is 0 Å². The highest BCUT2D eigenvalue weighted by molar-refractivity contribution is 9.10. The van der Waals surface area contributed by atoms with Crippen molar-refractivity contribution in [3.8, 4) is 11.3 Å². The van der Waals surface area contributed by atoms with Crippen LogP contribution in [0.5, 0.6) is 0 Å². The fourth-order valence-electron chi connectivity index (χ4n) is 1.86. The predicted molar refractivity (Wildman–Crippen MR) is 87.0 cm³/mol. The summed E-state index contributed by atoms with van der Waals surface area (Å²) in [6.45, 7) is 1.81. The molecule has 0 aliphatic heterocycles. The molecule has 0 saturated carbocycles. The zero-order valence-corrected chi connectivity index (χ0v) is 14.5. The lowest BCUT2D eigenvalue weighted by atomic mass is 10.1. The van der Waals surface area contributed by atoms with Crippen molar-refractivity contribution in [2.45, 2.75) is 6.92 Å². The standard InChI is InChI=1S/C14H13BrClN3O3/c1-8-11(15)12(9-4-6-10(16)7-5-9)19(17-8)13(18-22-3)14(20)21-2/h4-7H,1-3H3/b18-13+. The molecule has 0 atom stereocenters. The lowest BCUT2D eigenvalue weighted by molar-refractivity contribution is -0.133. The molecule has 22 heavy (non-hydrogen) atoms. The SMILES string of the molecule is CO/N=C(\C(=O)OC)n1nc(C)c(Br)c1-c1ccc(Cl)cc1. The van der Waals surface area contributed by atoms with Crippen molar-refractivity contribution < 1.29 is 14.4 Å². The molecule has 2 rings (SSSR count). The number of hydrogen-bond acceptors (Lipinski definition) is 5. The third-order valence-corrected chi connectivity index (χ3v) is 4.05. The second kappa shape index (κ2) is 6.93. The summed E-state index contributed by atoms with van der Waals surface area (Å²) in [6.07, 6.45) is 0. The summed E-state index contributed by atoms with van der Waals surface area (Å²) in [7, 11) is 2.61. The Labute approximate surface area is 140 Å². The molecule has 0 unspecified atom stereocenters. The Hall–Kier alpha value is -1.86. The van der Waals surface area contributed by atoms with Crippen LogP contribution in [0.25, 0.3) is 11.3 Å². The van der Waals surface area contributed by atoms with Gasteiger partial charge in [0.05, 0.1) is 23.0 Å². The minimum Gasteiger partial charge on any atom is -0.463 e. The number of carbonyl (C=O) groups excluding carboxylic acids is 1. The highest BCUT2D eigenvalue weighted by Gasteiger charge is 2.24. The summed E-state index contributed by atoms with van der Waals surface area (Å²) in [6, 6.07) is 7.14. The van der Waals surface area contributed by atoms with Crippen LogP contribution in [0, 0.1) is 6.92 Å². The average Bonchev–Trinajstić information content (AvgIpc) is 2.80. The third kappa shape index (κ3) is 3.15. The van der Waals surface area contributed by atoms with E-state index in [2.05, 4.69) is 26.2 Å². The molecule has 1 aromatic heterocycles. The van der Waals surface area contributed by atoms with Crippen molar-refractivity contribution >= 4 is 39.3 Å². The van der Waals surface area contributed by atoms with Gasteiger partial charge in [0.15, 0.2) is 0 Å². The van der Waals surface area contributed by atoms with E-state index in [-0.39, 0.29) is 5.84 Å². The molecule has 116 valence electrons. The Balaban J connectivity index is 2.67. The molecule has 0 aliphatic carbocycles. The lowest BCUT2D eigenvalue weighted by Crippen LogP contribution is -2.26. The molecule has 0 N–H and O–H groups in total. The van der Waals surface area contributed by atoms with Crippen molar-refractivity contribution in [3.63, 3.8) is 0 Å². The first-order valence-corrected chi connectivity index (χ1v) is 7.37. The normalized spacial score (nSPS) is 11.4. The molecule has 1 aromatic carbocycles. The first-order chi connectivity index (χ1) is 10.5. The Morgan fingerprint density at radius 3 is 2.50 bits per heavy atom. The zero-order valence-electron chi connectivity index (χ0n) is 12.1. The van der Waals surface area contributed by atoms with Gasteiger partial charge in [-0.25, -0.2) is 9.48 Å². The number of rotatable bonds is 2. The summed E-state index contributed by atoms with van der Waals surface area (Å²) < 4.78 is 6.84. The second-order valence-corrected chi connectivity index (χ2v) is 5.49. The van der Waals surface area contributed by atoms with Crippen molar-refractivity contribution in [3.05, 3.63) is 39.5 Å². The summed E-state index contributed by atoms with van der Waals surface area (Å²) in [5, 5.41) is 8.65. The van der Waals surface area contributed by atoms with Crippen LogP contribution in [-0.2, 0) is 14.4 Å². The van der Waals surface area contributed by atoms with E-state index >= 15 is 0 Å². The number of oxime groups is 1. The number of aromatic nitrogens is 2. The van der Waals surface area contributed by atoms with Gasteiger partial charge in [0.25, 0.3) is 5.84 Å². The Morgan fingerprint density at radius 1 is 1.32 bits per heavy atom. The predicted octanol–water partition coefficient (Wildman–Crippen LogP) is 3.26. The lowest BCUT2D eigenvalue weighted by Gasteiger charge is -2.09. The van der Waals surface area contributed by atoms with Gasteiger partial charge in [-0.2, -0.15) is 5.10 Å². The molecule has 0 fully saturated rings. The van der Waals surface area contributed by atoms with Gasteiger partial charge in [-0.1, -0.05) is 28.9 Å². The van der Waals surface area contributed by atoms with Gasteiger partial charge < -0.3 is 9.57 Å². The highest BCUT2D eigenvalue weighted by Crippen LogP contribution is 2.31. The topological polar surface area (TPSA) is 65.7 Å². The molecule has 0 bridgehead atoms. The molecule has 0 aliphatic rings. The summed E-state index contributed by atoms with van der Waals surface area (Å²) >= 11 is 9.40. The highest BCUT2D eigenvalue weighted by atomic mass is 79.9. The van der Waals surface area contributed by atoms with Crippen molar-refractivity contribution in [2.24, 2.45) is 5.16 Å². The van der Waals surface area contributed by atoms with Crippen LogP contribution in [-0.4, -0.2) is 35.8 Å². The molecule has 8 heteroatoms. The Morgan fingerprint density at radius 2 is 1.95 bits per heavy atom. The van der Waals surface area contributed by atoms with Gasteiger partial charge in [-0.15, -0.1) is 0 Å². The number of hydrogen-bond donors (Lipinski definition) is 0. The fraction of sp³-hybridized carbons (Fsp3) is 0.214. The van der Waals surface area contributed by atoms with E-state index < -0.39 is 5.97 Å². The van der Waals surface area contributed by atoms with Crippen molar-refractivity contribution in [1.82, 2.24) is 9.78 Å². The largest absolute Gasteiger partial charge is 0.463 e. The van der Waals surface area contributed by atoms with E-state index in [9.17, 15) is 4.79 Å². The van der Waals surface area contributed by atoms with Crippen LogP contribution in [0.2, 0.25) is 5.02 Å². The van der Waals surface area contributed by atoms with Crippen LogP contribution < -0.4 is 0 Å². The minimum atomic E-state index is -0.660. The van der Waals surface area contributed by atoms with Crippen LogP contribution in [0.1, 0.15) is 5.69 Å². The minimum absolute atomic E-state index is 0.0799. The molecule has 0 spiro atoms. The van der Waals surface area contributed by atoms with E-state index in [0.29, 0.717) is 16.4 Å². The maximum Gasteiger partial charge on any atom is 0.379 e. The smallest absolute Gasteiger partial charge is 0.379 e. The quantitative estimate of drug-likeness (QED) is 0.344. The van der Waals surface area contributed by atoms with Crippen LogP contribution in [0.4, 0.5) is 0 Å². The van der Waals surface area contributed by atoms with Gasteiger partial charge >= 0.3 is 5.97 Å². The van der Waals surface area contributed by atoms with Crippen LogP contribution >= 0.6 is 27.5 Å². The number of esters is 1. The van der Waals surface area contributed by atoms with E-state index in [1.807, 2.05) is 19.1 Å². The number of ether oxygens (including phenoxy) is 1. The second-order valence-electron chi connectivity index (χ2n) is 4.26. The molecular formula is C14H13BrClN3O3. The zero-order chi connectivity index (χ0) is 16.3. The van der Waals surface area contributed by atoms with E-state index in [1.54, 1.807) is 12.1 Å². The molecule has 2 aromatic rings. The van der Waals surface area contributed by atoms with Gasteiger partial charge in [0.2, 0.25) is 0 Å². The maximum atomic E-state index is 11.9. The van der Waals surface area contributed by atoms with Gasteiger partial charge in [-0.05, 0) is 35.0 Å². The fourth-order valence-corrected chi connectivity index (χ4v) is 2.46.